The maximum atomic E-state index is 9.82. The fourth-order valence-corrected chi connectivity index (χ4v) is 12.3. The second-order valence-electron chi connectivity index (χ2n) is 11.9. The molecule has 4 heteroatoms. The Kier molecular flexibility index (Phi) is 7.27. The van der Waals surface area contributed by atoms with Crippen LogP contribution in [0.5, 0.6) is 0 Å². The van der Waals surface area contributed by atoms with E-state index >= 15 is 0 Å². The molecule has 0 radical (unpaired) electrons. The van der Waals surface area contributed by atoms with E-state index in [1.165, 1.54) is 15.6 Å². The minimum atomic E-state index is -2.97. The van der Waals surface area contributed by atoms with E-state index < -0.39 is 8.07 Å². The van der Waals surface area contributed by atoms with Gasteiger partial charge in [-0.05, 0) is 50.6 Å². The Morgan fingerprint density at radius 3 is 1.73 bits per heavy atom. The summed E-state index contributed by atoms with van der Waals surface area (Å²) >= 11 is 0. The lowest BCUT2D eigenvalue weighted by Gasteiger charge is -2.35. The Morgan fingerprint density at radius 1 is 0.542 bits per heavy atom. The lowest BCUT2D eigenvalue weighted by molar-refractivity contribution is 1.18. The minimum absolute atomic E-state index is 0.622. The normalized spacial score (nSPS) is 11.3. The molecule has 7 aromatic carbocycles. The third kappa shape index (κ3) is 4.55. The molecule has 0 aliphatic carbocycles. The molecule has 0 fully saturated rings. The van der Waals surface area contributed by atoms with Gasteiger partial charge in [0.2, 0.25) is 0 Å². The first-order chi connectivity index (χ1) is 23.7. The number of nitrogens with zero attached hydrogens (tertiary/aromatic N) is 3. The molecule has 0 N–H and O–H groups in total. The zero-order valence-electron chi connectivity index (χ0n) is 26.1. The number of para-hydroxylation sites is 2. The van der Waals surface area contributed by atoms with Gasteiger partial charge in [0, 0.05) is 16.3 Å². The van der Waals surface area contributed by atoms with Gasteiger partial charge in [0.05, 0.1) is 34.9 Å². The topological polar surface area (TPSA) is 33.1 Å². The Hall–Kier alpha value is -6.46. The van der Waals surface area contributed by atoms with Crippen molar-refractivity contribution < 1.29 is 0 Å². The van der Waals surface area contributed by atoms with Crippen molar-refractivity contribution in [3.63, 3.8) is 0 Å². The molecule has 0 saturated carbocycles. The molecule has 0 amide bonds. The Labute approximate surface area is 281 Å². The van der Waals surface area contributed by atoms with Gasteiger partial charge in [-0.15, -0.1) is 0 Å². The van der Waals surface area contributed by atoms with E-state index in [1.807, 2.05) is 18.2 Å². The van der Waals surface area contributed by atoms with Crippen molar-refractivity contribution in [3.05, 3.63) is 193 Å². The maximum Gasteiger partial charge on any atom is 0.187 e. The molecular formula is C44H29N3Si. The molecule has 1 aromatic heterocycles. The summed E-state index contributed by atoms with van der Waals surface area (Å²) in [6, 6.07) is 63.7. The summed E-state index contributed by atoms with van der Waals surface area (Å²) < 4.78 is 2.28. The molecule has 0 spiro atoms. The molecule has 3 nitrogen and oxygen atoms in total. The van der Waals surface area contributed by atoms with Crippen LogP contribution in [0, 0.1) is 17.9 Å². The van der Waals surface area contributed by atoms with E-state index in [9.17, 15) is 5.26 Å². The lowest BCUT2D eigenvalue weighted by atomic mass is 10.0. The molecule has 0 unspecified atom stereocenters. The zero-order chi connectivity index (χ0) is 32.5. The Morgan fingerprint density at radius 2 is 1.10 bits per heavy atom. The average Bonchev–Trinajstić information content (AvgIpc) is 3.50. The number of aromatic nitrogens is 1. The van der Waals surface area contributed by atoms with Gasteiger partial charge in [0.1, 0.15) is 0 Å². The van der Waals surface area contributed by atoms with Crippen molar-refractivity contribution in [2.24, 2.45) is 0 Å². The molecular weight excluding hydrogens is 599 g/mol. The van der Waals surface area contributed by atoms with Crippen molar-refractivity contribution in [1.82, 2.24) is 4.57 Å². The molecule has 224 valence electrons. The van der Waals surface area contributed by atoms with Crippen molar-refractivity contribution in [3.8, 4) is 22.9 Å². The predicted molar refractivity (Wildman–Crippen MR) is 201 cm³/mol. The van der Waals surface area contributed by atoms with Gasteiger partial charge in [-0.1, -0.05) is 152 Å². The number of benzene rings is 7. The van der Waals surface area contributed by atoms with Gasteiger partial charge in [-0.3, -0.25) is 0 Å². The quantitative estimate of drug-likeness (QED) is 0.104. The number of fused-ring (bicyclic) bond motifs is 3. The third-order valence-electron chi connectivity index (χ3n) is 9.40. The minimum Gasteiger partial charge on any atom is -0.309 e. The molecule has 8 rings (SSSR count). The first-order valence-corrected chi connectivity index (χ1v) is 18.0. The fraction of sp³-hybridized carbons (Fsp3) is 0. The van der Waals surface area contributed by atoms with Gasteiger partial charge in [0.15, 0.2) is 13.8 Å². The highest BCUT2D eigenvalue weighted by atomic mass is 28.3. The molecule has 0 saturated heterocycles. The average molecular weight is 628 g/mol. The smallest absolute Gasteiger partial charge is 0.187 e. The van der Waals surface area contributed by atoms with E-state index in [4.69, 9.17) is 6.57 Å². The molecule has 1 heterocycles. The van der Waals surface area contributed by atoms with Crippen LogP contribution < -0.4 is 20.7 Å². The standard InChI is InChI=1S/C44H29N3Si/c1-46-40-28-26-33(30-44(40)48(34-15-5-2-6-16-34,35-17-7-3-8-18-35)36-19-9-4-10-20-36)37-21-11-13-23-41(37)47-42-24-14-12-22-38(42)39-27-25-32(31-45)29-43(39)47/h2-30H. The van der Waals surface area contributed by atoms with Gasteiger partial charge in [0.25, 0.3) is 0 Å². The highest BCUT2D eigenvalue weighted by Crippen LogP contribution is 2.37. The largest absolute Gasteiger partial charge is 0.309 e. The predicted octanol–water partition coefficient (Wildman–Crippen LogP) is 8.25. The van der Waals surface area contributed by atoms with Crippen LogP contribution >= 0.6 is 0 Å². The van der Waals surface area contributed by atoms with Crippen LogP contribution in [-0.2, 0) is 0 Å². The number of nitriles is 1. The van der Waals surface area contributed by atoms with E-state index in [0.29, 0.717) is 11.3 Å². The second kappa shape index (κ2) is 12.0. The summed E-state index contributed by atoms with van der Waals surface area (Å²) in [6.45, 7) is 8.42. The van der Waals surface area contributed by atoms with E-state index in [1.54, 1.807) is 0 Å². The van der Waals surface area contributed by atoms with E-state index in [-0.39, 0.29) is 0 Å². The molecule has 0 aliphatic rings. The van der Waals surface area contributed by atoms with Crippen LogP contribution in [-0.4, -0.2) is 12.6 Å². The number of hydrogen-bond donors (Lipinski definition) is 0. The summed E-state index contributed by atoms with van der Waals surface area (Å²) in [4.78, 5) is 4.17. The summed E-state index contributed by atoms with van der Waals surface area (Å²) in [7, 11) is -2.97. The first kappa shape index (κ1) is 29.0. The van der Waals surface area contributed by atoms with Crippen molar-refractivity contribution in [1.29, 1.82) is 5.26 Å². The summed E-state index contributed by atoms with van der Waals surface area (Å²) in [5.41, 5.74) is 6.46. The Bertz CT molecular complexity index is 2430. The van der Waals surface area contributed by atoms with Crippen molar-refractivity contribution in [2.45, 2.75) is 0 Å². The van der Waals surface area contributed by atoms with Gasteiger partial charge in [-0.2, -0.15) is 5.26 Å². The van der Waals surface area contributed by atoms with E-state index in [2.05, 4.69) is 173 Å². The van der Waals surface area contributed by atoms with Gasteiger partial charge < -0.3 is 4.57 Å². The first-order valence-electron chi connectivity index (χ1n) is 16.0. The van der Waals surface area contributed by atoms with Crippen molar-refractivity contribution in [2.75, 3.05) is 0 Å². The van der Waals surface area contributed by atoms with Crippen molar-refractivity contribution >= 4 is 56.3 Å². The van der Waals surface area contributed by atoms with Crippen LogP contribution in [0.25, 0.3) is 43.5 Å². The molecule has 0 aliphatic heterocycles. The second-order valence-corrected chi connectivity index (χ2v) is 15.7. The van der Waals surface area contributed by atoms with Gasteiger partial charge >= 0.3 is 0 Å². The molecule has 8 aromatic rings. The molecule has 48 heavy (non-hydrogen) atoms. The van der Waals surface area contributed by atoms with Crippen LogP contribution in [0.4, 0.5) is 5.69 Å². The van der Waals surface area contributed by atoms with Crippen LogP contribution in [0.1, 0.15) is 5.56 Å². The van der Waals surface area contributed by atoms with Crippen LogP contribution in [0.15, 0.2) is 176 Å². The number of hydrogen-bond acceptors (Lipinski definition) is 1. The maximum absolute atomic E-state index is 9.82. The fourth-order valence-electron chi connectivity index (χ4n) is 7.34. The molecule has 0 bridgehead atoms. The monoisotopic (exact) mass is 627 g/mol. The number of rotatable bonds is 6. The summed E-state index contributed by atoms with van der Waals surface area (Å²) in [5.74, 6) is 0. The van der Waals surface area contributed by atoms with Crippen LogP contribution in [0.3, 0.4) is 0 Å². The zero-order valence-corrected chi connectivity index (χ0v) is 27.1. The molecule has 0 atom stereocenters. The summed E-state index contributed by atoms with van der Waals surface area (Å²) in [6.07, 6.45) is 0. The highest BCUT2D eigenvalue weighted by molar-refractivity contribution is 7.20. The lowest BCUT2D eigenvalue weighted by Crippen LogP contribution is -2.74. The summed E-state index contributed by atoms with van der Waals surface area (Å²) in [5, 5.41) is 16.8. The van der Waals surface area contributed by atoms with Crippen LogP contribution in [0.2, 0.25) is 0 Å². The third-order valence-corrected chi connectivity index (χ3v) is 14.2. The Balaban J connectivity index is 1.46. The highest BCUT2D eigenvalue weighted by Gasteiger charge is 2.42. The SMILES string of the molecule is [C-]#[N+]c1ccc(-c2ccccc2-n2c3ccccc3c3ccc(C#N)cc32)cc1[Si](c1ccccc1)(c1ccccc1)c1ccccc1. The van der Waals surface area contributed by atoms with Gasteiger partial charge in [-0.25, -0.2) is 4.85 Å². The van der Waals surface area contributed by atoms with E-state index in [0.717, 1.165) is 43.8 Å².